The maximum atomic E-state index is 12.2. The van der Waals surface area contributed by atoms with Crippen molar-refractivity contribution in [1.29, 1.82) is 0 Å². The first-order valence-corrected chi connectivity index (χ1v) is 8.57. The van der Waals surface area contributed by atoms with Gasteiger partial charge in [0.1, 0.15) is 4.90 Å². The molecular formula is C14H14ClN5O2S. The van der Waals surface area contributed by atoms with E-state index in [0.717, 1.165) is 5.56 Å². The van der Waals surface area contributed by atoms with Crippen LogP contribution in [0.25, 0.3) is 0 Å². The van der Waals surface area contributed by atoms with Crippen LogP contribution in [0.5, 0.6) is 0 Å². The topological polar surface area (TPSA) is 81.8 Å². The zero-order chi connectivity index (χ0) is 16.4. The van der Waals surface area contributed by atoms with Crippen molar-refractivity contribution in [2.45, 2.75) is 11.4 Å². The van der Waals surface area contributed by atoms with Crippen LogP contribution in [0.15, 0.2) is 53.9 Å². The van der Waals surface area contributed by atoms with Crippen LogP contribution < -0.4 is 4.72 Å². The number of hydrogen-bond donors (Lipinski definition) is 1. The summed E-state index contributed by atoms with van der Waals surface area (Å²) < 4.78 is 30.0. The van der Waals surface area contributed by atoms with Crippen molar-refractivity contribution in [3.8, 4) is 0 Å². The molecule has 1 aromatic carbocycles. The smallest absolute Gasteiger partial charge is 0.265 e. The Morgan fingerprint density at radius 1 is 1.13 bits per heavy atom. The molecule has 7 nitrogen and oxygen atoms in total. The lowest BCUT2D eigenvalue weighted by molar-refractivity contribution is 0.601. The van der Waals surface area contributed by atoms with Gasteiger partial charge >= 0.3 is 0 Å². The molecule has 0 aliphatic carbocycles. The Kier molecular flexibility index (Phi) is 4.10. The van der Waals surface area contributed by atoms with E-state index in [-0.39, 0.29) is 4.90 Å². The van der Waals surface area contributed by atoms with Gasteiger partial charge in [-0.25, -0.2) is 8.42 Å². The van der Waals surface area contributed by atoms with E-state index in [9.17, 15) is 8.42 Å². The number of anilines is 1. The highest BCUT2D eigenvalue weighted by Crippen LogP contribution is 2.16. The molecule has 0 aliphatic heterocycles. The Bertz CT molecular complexity index is 915. The summed E-state index contributed by atoms with van der Waals surface area (Å²) in [7, 11) is -2.01. The van der Waals surface area contributed by atoms with E-state index in [1.165, 1.54) is 23.3 Å². The molecule has 3 aromatic rings. The minimum absolute atomic E-state index is 0.102. The third-order valence-corrected chi connectivity index (χ3v) is 4.72. The number of halogens is 1. The van der Waals surface area contributed by atoms with Gasteiger partial charge in [0, 0.05) is 24.5 Å². The number of benzene rings is 1. The molecule has 3 rings (SSSR count). The van der Waals surface area contributed by atoms with Crippen molar-refractivity contribution in [3.63, 3.8) is 0 Å². The van der Waals surface area contributed by atoms with Crippen LogP contribution in [0.3, 0.4) is 0 Å². The Morgan fingerprint density at radius 2 is 1.87 bits per heavy atom. The maximum Gasteiger partial charge on any atom is 0.265 e. The fourth-order valence-electron chi connectivity index (χ4n) is 2.03. The average molecular weight is 352 g/mol. The molecule has 2 aromatic heterocycles. The van der Waals surface area contributed by atoms with Gasteiger partial charge in [0.25, 0.3) is 10.0 Å². The molecule has 0 spiro atoms. The summed E-state index contributed by atoms with van der Waals surface area (Å²) >= 11 is 5.85. The summed E-state index contributed by atoms with van der Waals surface area (Å²) in [6, 6.07) is 7.38. The van der Waals surface area contributed by atoms with Gasteiger partial charge in [-0.15, -0.1) is 0 Å². The number of rotatable bonds is 5. The van der Waals surface area contributed by atoms with Gasteiger partial charge in [0.2, 0.25) is 0 Å². The lowest BCUT2D eigenvalue weighted by Gasteiger charge is -2.03. The van der Waals surface area contributed by atoms with Crippen molar-refractivity contribution in [1.82, 2.24) is 19.6 Å². The van der Waals surface area contributed by atoms with E-state index in [0.29, 0.717) is 17.3 Å². The highest BCUT2D eigenvalue weighted by molar-refractivity contribution is 7.92. The summed E-state index contributed by atoms with van der Waals surface area (Å²) in [4.78, 5) is 0.102. The number of hydrogen-bond acceptors (Lipinski definition) is 4. The lowest BCUT2D eigenvalue weighted by atomic mass is 10.2. The molecule has 0 unspecified atom stereocenters. The van der Waals surface area contributed by atoms with Crippen LogP contribution in [-0.2, 0) is 23.6 Å². The third-order valence-electron chi connectivity index (χ3n) is 3.13. The standard InChI is InChI=1S/C14H14ClN5O2S/c1-19-10-14(7-16-19)23(21,22)18-13-6-17-20(9-13)8-11-2-4-12(15)5-3-11/h2-7,9-10,18H,8H2,1H3. The normalized spacial score (nSPS) is 11.6. The Morgan fingerprint density at radius 3 is 2.52 bits per heavy atom. The summed E-state index contributed by atoms with van der Waals surface area (Å²) in [5.74, 6) is 0. The molecule has 23 heavy (non-hydrogen) atoms. The molecule has 2 heterocycles. The first kappa shape index (κ1) is 15.6. The van der Waals surface area contributed by atoms with Crippen molar-refractivity contribution in [2.24, 2.45) is 7.05 Å². The predicted molar refractivity (Wildman–Crippen MR) is 86.8 cm³/mol. The molecule has 0 bridgehead atoms. The number of aryl methyl sites for hydroxylation is 1. The molecule has 0 saturated heterocycles. The van der Waals surface area contributed by atoms with Gasteiger partial charge < -0.3 is 0 Å². The van der Waals surface area contributed by atoms with Gasteiger partial charge in [-0.3, -0.25) is 14.1 Å². The van der Waals surface area contributed by atoms with E-state index in [2.05, 4.69) is 14.9 Å². The van der Waals surface area contributed by atoms with E-state index in [1.807, 2.05) is 12.1 Å². The van der Waals surface area contributed by atoms with Crippen molar-refractivity contribution >= 4 is 27.3 Å². The quantitative estimate of drug-likeness (QED) is 0.763. The Balaban J connectivity index is 1.73. The third kappa shape index (κ3) is 3.72. The lowest BCUT2D eigenvalue weighted by Crippen LogP contribution is -2.11. The second-order valence-electron chi connectivity index (χ2n) is 5.01. The molecule has 0 aliphatic rings. The minimum Gasteiger partial charge on any atom is -0.276 e. The van der Waals surface area contributed by atoms with Gasteiger partial charge in [-0.1, -0.05) is 23.7 Å². The maximum absolute atomic E-state index is 12.2. The second-order valence-corrected chi connectivity index (χ2v) is 7.13. The van der Waals surface area contributed by atoms with Crippen molar-refractivity contribution < 1.29 is 8.42 Å². The van der Waals surface area contributed by atoms with Crippen LogP contribution in [-0.4, -0.2) is 28.0 Å². The van der Waals surface area contributed by atoms with Crippen molar-refractivity contribution in [2.75, 3.05) is 4.72 Å². The molecule has 0 atom stereocenters. The van der Waals surface area contributed by atoms with Crippen LogP contribution in [0.4, 0.5) is 5.69 Å². The van der Waals surface area contributed by atoms with E-state index in [1.54, 1.807) is 30.1 Å². The van der Waals surface area contributed by atoms with E-state index >= 15 is 0 Å². The number of aromatic nitrogens is 4. The van der Waals surface area contributed by atoms with Crippen LogP contribution in [0.1, 0.15) is 5.56 Å². The number of sulfonamides is 1. The molecule has 0 fully saturated rings. The van der Waals surface area contributed by atoms with E-state index in [4.69, 9.17) is 11.6 Å². The first-order valence-electron chi connectivity index (χ1n) is 6.71. The fraction of sp³-hybridized carbons (Fsp3) is 0.143. The van der Waals surface area contributed by atoms with Gasteiger partial charge in [0.15, 0.2) is 0 Å². The molecule has 1 N–H and O–H groups in total. The van der Waals surface area contributed by atoms with Gasteiger partial charge in [-0.05, 0) is 17.7 Å². The zero-order valence-corrected chi connectivity index (χ0v) is 13.8. The fourth-order valence-corrected chi connectivity index (χ4v) is 3.17. The molecule has 0 amide bonds. The van der Waals surface area contributed by atoms with Gasteiger partial charge in [-0.2, -0.15) is 10.2 Å². The highest BCUT2D eigenvalue weighted by atomic mass is 35.5. The van der Waals surface area contributed by atoms with Crippen LogP contribution >= 0.6 is 11.6 Å². The van der Waals surface area contributed by atoms with Crippen LogP contribution in [0, 0.1) is 0 Å². The molecular weight excluding hydrogens is 338 g/mol. The Labute approximate surface area is 138 Å². The largest absolute Gasteiger partial charge is 0.276 e. The second kappa shape index (κ2) is 6.05. The number of nitrogens with one attached hydrogen (secondary N) is 1. The number of nitrogens with zero attached hydrogens (tertiary/aromatic N) is 4. The minimum atomic E-state index is -3.66. The first-order chi connectivity index (χ1) is 10.9. The summed E-state index contributed by atoms with van der Waals surface area (Å²) in [6.07, 6.45) is 5.81. The predicted octanol–water partition coefficient (Wildman–Crippen LogP) is 2.12. The molecule has 0 radical (unpaired) electrons. The highest BCUT2D eigenvalue weighted by Gasteiger charge is 2.17. The van der Waals surface area contributed by atoms with Crippen molar-refractivity contribution in [3.05, 3.63) is 59.6 Å². The SMILES string of the molecule is Cn1cc(S(=O)(=O)Nc2cnn(Cc3ccc(Cl)cc3)c2)cn1. The molecule has 0 saturated carbocycles. The van der Waals surface area contributed by atoms with E-state index < -0.39 is 10.0 Å². The van der Waals surface area contributed by atoms with Crippen LogP contribution in [0.2, 0.25) is 5.02 Å². The summed E-state index contributed by atoms with van der Waals surface area (Å²) in [5.41, 5.74) is 1.40. The monoisotopic (exact) mass is 351 g/mol. The average Bonchev–Trinajstić information content (AvgIpc) is 3.11. The Hall–Kier alpha value is -2.32. The zero-order valence-electron chi connectivity index (χ0n) is 12.2. The molecule has 9 heteroatoms. The van der Waals surface area contributed by atoms with Gasteiger partial charge in [0.05, 0.1) is 24.6 Å². The summed E-state index contributed by atoms with van der Waals surface area (Å²) in [5, 5.41) is 8.68. The summed E-state index contributed by atoms with van der Waals surface area (Å²) in [6.45, 7) is 0.520. The molecule has 120 valence electrons.